The SMILES string of the molecule is Cc1ccc2c(c1)C(=O)C(=O)C1=C2OC(C)(C)C(O)C1. The van der Waals surface area contributed by atoms with E-state index in [1.807, 2.05) is 13.0 Å². The summed E-state index contributed by atoms with van der Waals surface area (Å²) in [5.41, 5.74) is 1.47. The van der Waals surface area contributed by atoms with Crippen molar-refractivity contribution in [3.8, 4) is 0 Å². The van der Waals surface area contributed by atoms with Crippen LogP contribution in [0.1, 0.15) is 41.8 Å². The summed E-state index contributed by atoms with van der Waals surface area (Å²) < 4.78 is 5.83. The Morgan fingerprint density at radius 1 is 1.20 bits per heavy atom. The number of ketones is 2. The molecule has 0 saturated carbocycles. The second-order valence-electron chi connectivity index (χ2n) is 5.94. The summed E-state index contributed by atoms with van der Waals surface area (Å²) >= 11 is 0. The predicted octanol–water partition coefficient (Wildman–Crippen LogP) is 2.03. The van der Waals surface area contributed by atoms with Gasteiger partial charge in [0.2, 0.25) is 11.6 Å². The van der Waals surface area contributed by atoms with Gasteiger partial charge >= 0.3 is 0 Å². The van der Waals surface area contributed by atoms with Crippen molar-refractivity contribution in [2.75, 3.05) is 0 Å². The summed E-state index contributed by atoms with van der Waals surface area (Å²) in [7, 11) is 0. The van der Waals surface area contributed by atoms with Gasteiger partial charge in [0.05, 0.1) is 6.10 Å². The molecule has 1 heterocycles. The van der Waals surface area contributed by atoms with Gasteiger partial charge < -0.3 is 9.84 Å². The lowest BCUT2D eigenvalue weighted by Gasteiger charge is -2.39. The van der Waals surface area contributed by atoms with Crippen molar-refractivity contribution in [2.24, 2.45) is 0 Å². The van der Waals surface area contributed by atoms with E-state index >= 15 is 0 Å². The first-order chi connectivity index (χ1) is 9.31. The Morgan fingerprint density at radius 2 is 1.90 bits per heavy atom. The molecular formula is C16H16O4. The summed E-state index contributed by atoms with van der Waals surface area (Å²) in [5, 5.41) is 10.0. The molecule has 1 aromatic rings. The molecule has 1 N–H and O–H groups in total. The number of aryl methyl sites for hydroxylation is 1. The van der Waals surface area contributed by atoms with E-state index < -0.39 is 23.3 Å². The van der Waals surface area contributed by atoms with Crippen LogP contribution in [0.25, 0.3) is 5.76 Å². The summed E-state index contributed by atoms with van der Waals surface area (Å²) in [6, 6.07) is 5.40. The second-order valence-corrected chi connectivity index (χ2v) is 5.94. The Hall–Kier alpha value is -1.94. The molecule has 0 fully saturated rings. The average molecular weight is 272 g/mol. The monoisotopic (exact) mass is 272 g/mol. The number of ether oxygens (including phenoxy) is 1. The first-order valence-corrected chi connectivity index (χ1v) is 6.61. The fourth-order valence-corrected chi connectivity index (χ4v) is 2.64. The molecule has 3 rings (SSSR count). The van der Waals surface area contributed by atoms with Crippen LogP contribution in [-0.2, 0) is 9.53 Å². The van der Waals surface area contributed by atoms with Crippen LogP contribution in [0.2, 0.25) is 0 Å². The maximum atomic E-state index is 12.2. The van der Waals surface area contributed by atoms with Gasteiger partial charge in [-0.25, -0.2) is 0 Å². The van der Waals surface area contributed by atoms with Gasteiger partial charge in [-0.3, -0.25) is 9.59 Å². The van der Waals surface area contributed by atoms with Crippen molar-refractivity contribution in [3.63, 3.8) is 0 Å². The largest absolute Gasteiger partial charge is 0.484 e. The number of hydrogen-bond donors (Lipinski definition) is 1. The van der Waals surface area contributed by atoms with Crippen LogP contribution in [0, 0.1) is 6.92 Å². The second kappa shape index (κ2) is 4.03. The smallest absolute Gasteiger partial charge is 0.234 e. The molecule has 4 heteroatoms. The van der Waals surface area contributed by atoms with E-state index in [1.54, 1.807) is 26.0 Å². The summed E-state index contributed by atoms with van der Waals surface area (Å²) in [5.74, 6) is -0.634. The third-order valence-electron chi connectivity index (χ3n) is 3.98. The van der Waals surface area contributed by atoms with E-state index in [1.165, 1.54) is 0 Å². The minimum absolute atomic E-state index is 0.153. The average Bonchev–Trinajstić information content (AvgIpc) is 2.38. The van der Waals surface area contributed by atoms with Gasteiger partial charge in [-0.15, -0.1) is 0 Å². The fourth-order valence-electron chi connectivity index (χ4n) is 2.64. The molecule has 0 radical (unpaired) electrons. The van der Waals surface area contributed by atoms with Crippen LogP contribution in [0.15, 0.2) is 23.8 Å². The molecule has 1 atom stereocenters. The molecule has 0 amide bonds. The van der Waals surface area contributed by atoms with Gasteiger partial charge in [-0.2, -0.15) is 0 Å². The first-order valence-electron chi connectivity index (χ1n) is 6.61. The molecule has 0 bridgehead atoms. The van der Waals surface area contributed by atoms with Gasteiger partial charge in [-0.05, 0) is 26.8 Å². The Bertz CT molecular complexity index is 667. The topological polar surface area (TPSA) is 63.6 Å². The molecule has 0 saturated heterocycles. The standard InChI is InChI=1S/C16H16O4/c1-8-4-5-9-10(6-8)13(18)14(19)11-7-12(17)16(2,3)20-15(9)11/h4-6,12,17H,7H2,1-3H3. The zero-order valence-corrected chi connectivity index (χ0v) is 11.7. The highest BCUT2D eigenvalue weighted by molar-refractivity contribution is 6.52. The summed E-state index contributed by atoms with van der Waals surface area (Å²) in [6.07, 6.45) is -0.648. The van der Waals surface area contributed by atoms with Gasteiger partial charge in [0.1, 0.15) is 11.4 Å². The molecule has 104 valence electrons. The lowest BCUT2D eigenvalue weighted by atomic mass is 9.81. The maximum Gasteiger partial charge on any atom is 0.234 e. The van der Waals surface area contributed by atoms with Crippen molar-refractivity contribution in [2.45, 2.75) is 38.9 Å². The molecule has 1 aliphatic carbocycles. The fraction of sp³-hybridized carbons (Fsp3) is 0.375. The summed E-state index contributed by atoms with van der Waals surface area (Å²) in [6.45, 7) is 5.42. The van der Waals surface area contributed by atoms with Crippen molar-refractivity contribution in [3.05, 3.63) is 40.5 Å². The highest BCUT2D eigenvalue weighted by Gasteiger charge is 2.44. The van der Waals surface area contributed by atoms with Gasteiger partial charge in [-0.1, -0.05) is 17.7 Å². The lowest BCUT2D eigenvalue weighted by Crippen LogP contribution is -2.45. The molecule has 1 aromatic carbocycles. The molecule has 20 heavy (non-hydrogen) atoms. The minimum atomic E-state index is -0.801. The Kier molecular flexibility index (Phi) is 2.63. The third kappa shape index (κ3) is 1.72. The number of carbonyl (C=O) groups is 2. The van der Waals surface area contributed by atoms with Crippen LogP contribution >= 0.6 is 0 Å². The number of Topliss-reactive ketones (excluding diaryl/α,β-unsaturated/α-hetero) is 2. The molecule has 2 aliphatic rings. The number of hydrogen-bond acceptors (Lipinski definition) is 4. The van der Waals surface area contributed by atoms with Crippen LogP contribution in [-0.4, -0.2) is 28.4 Å². The zero-order valence-electron chi connectivity index (χ0n) is 11.7. The van der Waals surface area contributed by atoms with Crippen molar-refractivity contribution >= 4 is 17.3 Å². The van der Waals surface area contributed by atoms with E-state index in [2.05, 4.69) is 0 Å². The van der Waals surface area contributed by atoms with Crippen LogP contribution < -0.4 is 0 Å². The minimum Gasteiger partial charge on any atom is -0.484 e. The van der Waals surface area contributed by atoms with E-state index in [0.29, 0.717) is 16.9 Å². The number of benzene rings is 1. The Balaban J connectivity index is 2.23. The highest BCUT2D eigenvalue weighted by atomic mass is 16.5. The molecule has 4 nitrogen and oxygen atoms in total. The number of fused-ring (bicyclic) bond motifs is 2. The van der Waals surface area contributed by atoms with Crippen LogP contribution in [0.5, 0.6) is 0 Å². The predicted molar refractivity (Wildman–Crippen MR) is 73.2 cm³/mol. The third-order valence-corrected chi connectivity index (χ3v) is 3.98. The van der Waals surface area contributed by atoms with E-state index in [0.717, 1.165) is 5.56 Å². The number of aliphatic hydroxyl groups is 1. The molecule has 0 spiro atoms. The van der Waals surface area contributed by atoms with E-state index in [-0.39, 0.29) is 12.0 Å². The normalized spacial score (nSPS) is 24.1. The van der Waals surface area contributed by atoms with Crippen molar-refractivity contribution < 1.29 is 19.4 Å². The lowest BCUT2D eigenvalue weighted by molar-refractivity contribution is -0.114. The number of carbonyl (C=O) groups excluding carboxylic acids is 2. The van der Waals surface area contributed by atoms with Crippen molar-refractivity contribution in [1.82, 2.24) is 0 Å². The zero-order chi connectivity index (χ0) is 14.7. The van der Waals surface area contributed by atoms with E-state index in [9.17, 15) is 14.7 Å². The number of rotatable bonds is 0. The molecule has 1 unspecified atom stereocenters. The molecule has 1 aliphatic heterocycles. The van der Waals surface area contributed by atoms with E-state index in [4.69, 9.17) is 4.74 Å². The Labute approximate surface area is 117 Å². The molecule has 0 aromatic heterocycles. The van der Waals surface area contributed by atoms with Crippen molar-refractivity contribution in [1.29, 1.82) is 0 Å². The number of aliphatic hydroxyl groups excluding tert-OH is 1. The van der Waals surface area contributed by atoms with Gasteiger partial charge in [0, 0.05) is 23.1 Å². The van der Waals surface area contributed by atoms with Gasteiger partial charge in [0.25, 0.3) is 0 Å². The summed E-state index contributed by atoms with van der Waals surface area (Å²) in [4.78, 5) is 24.4. The quantitative estimate of drug-likeness (QED) is 0.734. The Morgan fingerprint density at radius 3 is 2.60 bits per heavy atom. The highest BCUT2D eigenvalue weighted by Crippen LogP contribution is 2.41. The van der Waals surface area contributed by atoms with Crippen LogP contribution in [0.3, 0.4) is 0 Å². The first kappa shape index (κ1) is 13.1. The molecular weight excluding hydrogens is 256 g/mol. The maximum absolute atomic E-state index is 12.2. The van der Waals surface area contributed by atoms with Crippen LogP contribution in [0.4, 0.5) is 0 Å². The van der Waals surface area contributed by atoms with Gasteiger partial charge in [0.15, 0.2) is 0 Å².